The summed E-state index contributed by atoms with van der Waals surface area (Å²) in [7, 11) is 0. The second kappa shape index (κ2) is 18.0. The number of ether oxygens (including phenoxy) is 2. The number of nitrogens with zero attached hydrogens (tertiary/aromatic N) is 6. The summed E-state index contributed by atoms with van der Waals surface area (Å²) in [6, 6.07) is 36.3. The fourth-order valence-electron chi connectivity index (χ4n) is 5.75. The molecule has 268 valence electrons. The molecule has 2 aromatic heterocycles. The fourth-order valence-corrected chi connectivity index (χ4v) is 7.61. The molecule has 3 heterocycles. The number of benzene rings is 4. The zero-order valence-corrected chi connectivity index (χ0v) is 30.4. The van der Waals surface area contributed by atoms with Crippen LogP contribution in [0.1, 0.15) is 46.7 Å². The third-order valence-corrected chi connectivity index (χ3v) is 10.5. The minimum Gasteiger partial charge on any atom is -0.490 e. The summed E-state index contributed by atoms with van der Waals surface area (Å²) in [5.41, 5.74) is 11.3. The van der Waals surface area contributed by atoms with Gasteiger partial charge in [0.25, 0.3) is 0 Å². The van der Waals surface area contributed by atoms with E-state index in [2.05, 4.69) is 55.5 Å². The standard InChI is InChI=1S/C39H42N8O3S2/c48-33-27-49-34-19-9-7-17-31(34)25-40-46-36(23-29-13-3-1-4-14-29)42-44-38(46)51-21-11-12-22-52-39-45-43-37(24-30-15-5-2-6-16-30)47(39)41-26-32-18-8-10-20-35(32)50-28-33/h1-10,13-20,33,40-41,48H,11-12,21-28H2. The maximum absolute atomic E-state index is 10.9. The van der Waals surface area contributed by atoms with Gasteiger partial charge in [-0.25, -0.2) is 9.35 Å². The van der Waals surface area contributed by atoms with Gasteiger partial charge in [-0.05, 0) is 36.1 Å². The van der Waals surface area contributed by atoms with Crippen LogP contribution >= 0.6 is 23.5 Å². The van der Waals surface area contributed by atoms with Crippen molar-refractivity contribution in [3.8, 4) is 11.5 Å². The van der Waals surface area contributed by atoms with E-state index < -0.39 is 6.10 Å². The molecule has 6 aromatic rings. The van der Waals surface area contributed by atoms with Gasteiger partial charge < -0.3 is 25.4 Å². The molecule has 0 saturated carbocycles. The predicted molar refractivity (Wildman–Crippen MR) is 205 cm³/mol. The van der Waals surface area contributed by atoms with Gasteiger partial charge in [0, 0.05) is 35.5 Å². The number of thioether (sulfide) groups is 2. The number of hydrogen-bond donors (Lipinski definition) is 3. The molecule has 0 bridgehead atoms. The lowest BCUT2D eigenvalue weighted by atomic mass is 10.1. The number of para-hydroxylation sites is 2. The van der Waals surface area contributed by atoms with E-state index in [-0.39, 0.29) is 13.2 Å². The number of fused-ring (bicyclic) bond motifs is 4. The topological polar surface area (TPSA) is 124 Å². The highest BCUT2D eigenvalue weighted by atomic mass is 32.2. The summed E-state index contributed by atoms with van der Waals surface area (Å²) in [6.07, 6.45) is 2.45. The van der Waals surface area contributed by atoms with Crippen molar-refractivity contribution in [2.45, 2.75) is 55.2 Å². The maximum atomic E-state index is 10.9. The van der Waals surface area contributed by atoms with Gasteiger partial charge in [0.05, 0.1) is 13.1 Å². The van der Waals surface area contributed by atoms with E-state index in [4.69, 9.17) is 9.47 Å². The van der Waals surface area contributed by atoms with Gasteiger partial charge in [-0.1, -0.05) is 121 Å². The van der Waals surface area contributed by atoms with Crippen molar-refractivity contribution in [2.75, 3.05) is 35.6 Å². The highest BCUT2D eigenvalue weighted by Crippen LogP contribution is 2.25. The Hall–Kier alpha value is -4.98. The van der Waals surface area contributed by atoms with Gasteiger partial charge in [0.15, 0.2) is 11.6 Å². The summed E-state index contributed by atoms with van der Waals surface area (Å²) in [5, 5.41) is 30.9. The number of aliphatic hydroxyl groups excluding tert-OH is 1. The third kappa shape index (κ3) is 9.46. The number of aromatic nitrogens is 6. The quantitative estimate of drug-likeness (QED) is 0.188. The molecule has 7 rings (SSSR count). The van der Waals surface area contributed by atoms with Crippen LogP contribution in [-0.2, 0) is 25.9 Å². The molecule has 0 spiro atoms. The highest BCUT2D eigenvalue weighted by Gasteiger charge is 2.17. The monoisotopic (exact) mass is 734 g/mol. The zero-order valence-electron chi connectivity index (χ0n) is 28.8. The Bertz CT molecular complexity index is 1860. The van der Waals surface area contributed by atoms with E-state index in [1.165, 1.54) is 0 Å². The molecular formula is C39H42N8O3S2. The van der Waals surface area contributed by atoms with Crippen LogP contribution in [0.2, 0.25) is 0 Å². The lowest BCUT2D eigenvalue weighted by molar-refractivity contribution is 0.0620. The molecule has 0 atom stereocenters. The Morgan fingerprint density at radius 1 is 0.577 bits per heavy atom. The van der Waals surface area contributed by atoms with Gasteiger partial charge in [-0.15, -0.1) is 20.4 Å². The Kier molecular flexibility index (Phi) is 12.3. The van der Waals surface area contributed by atoms with Crippen molar-refractivity contribution in [1.29, 1.82) is 0 Å². The first-order chi connectivity index (χ1) is 25.7. The lowest BCUT2D eigenvalue weighted by Gasteiger charge is -2.18. The van der Waals surface area contributed by atoms with E-state index in [1.54, 1.807) is 23.5 Å². The van der Waals surface area contributed by atoms with Crippen molar-refractivity contribution >= 4 is 23.5 Å². The molecular weight excluding hydrogens is 693 g/mol. The summed E-state index contributed by atoms with van der Waals surface area (Å²) in [4.78, 5) is 0. The Labute approximate surface area is 312 Å². The normalized spacial score (nSPS) is 14.9. The number of hydrogen-bond acceptors (Lipinski definition) is 11. The minimum absolute atomic E-state index is 0.0779. The molecule has 3 N–H and O–H groups in total. The molecule has 0 saturated heterocycles. The van der Waals surface area contributed by atoms with Gasteiger partial charge in [-0.3, -0.25) is 0 Å². The Morgan fingerprint density at radius 2 is 1.00 bits per heavy atom. The summed E-state index contributed by atoms with van der Waals surface area (Å²) in [5.74, 6) is 4.84. The first kappa shape index (κ1) is 35.4. The molecule has 0 fully saturated rings. The Balaban J connectivity index is 1.12. The van der Waals surface area contributed by atoms with Crippen LogP contribution in [0.15, 0.2) is 120 Å². The van der Waals surface area contributed by atoms with Crippen LogP contribution in [0.25, 0.3) is 0 Å². The van der Waals surface area contributed by atoms with Crippen LogP contribution in [-0.4, -0.2) is 65.7 Å². The molecule has 0 unspecified atom stereocenters. The van der Waals surface area contributed by atoms with E-state index in [9.17, 15) is 5.11 Å². The molecule has 0 amide bonds. The van der Waals surface area contributed by atoms with Crippen molar-refractivity contribution in [2.24, 2.45) is 0 Å². The number of aliphatic hydroxyl groups is 1. The first-order valence-corrected chi connectivity index (χ1v) is 19.5. The van der Waals surface area contributed by atoms with E-state index in [1.807, 2.05) is 94.3 Å². The van der Waals surface area contributed by atoms with Crippen LogP contribution in [0.5, 0.6) is 11.5 Å². The van der Waals surface area contributed by atoms with Crippen molar-refractivity contribution in [3.63, 3.8) is 0 Å². The highest BCUT2D eigenvalue weighted by molar-refractivity contribution is 7.99. The van der Waals surface area contributed by atoms with Gasteiger partial charge >= 0.3 is 0 Å². The lowest BCUT2D eigenvalue weighted by Crippen LogP contribution is -2.26. The molecule has 52 heavy (non-hydrogen) atoms. The van der Waals surface area contributed by atoms with E-state index >= 15 is 0 Å². The molecule has 1 aliphatic rings. The fraction of sp³-hybridized carbons (Fsp3) is 0.282. The van der Waals surface area contributed by atoms with E-state index in [0.29, 0.717) is 37.4 Å². The Morgan fingerprint density at radius 3 is 1.46 bits per heavy atom. The maximum Gasteiger partial charge on any atom is 0.209 e. The average molecular weight is 735 g/mol. The van der Waals surface area contributed by atoms with Crippen molar-refractivity contribution in [1.82, 2.24) is 29.7 Å². The molecule has 4 aromatic carbocycles. The van der Waals surface area contributed by atoms with Crippen LogP contribution in [0.3, 0.4) is 0 Å². The molecule has 0 aliphatic carbocycles. The number of nitrogens with one attached hydrogen (secondary N) is 2. The second-order valence-corrected chi connectivity index (χ2v) is 14.5. The zero-order chi connectivity index (χ0) is 35.4. The van der Waals surface area contributed by atoms with Gasteiger partial charge in [0.1, 0.15) is 30.8 Å². The smallest absolute Gasteiger partial charge is 0.209 e. The van der Waals surface area contributed by atoms with Crippen molar-refractivity contribution in [3.05, 3.63) is 143 Å². The average Bonchev–Trinajstić information content (AvgIpc) is 3.75. The first-order valence-electron chi connectivity index (χ1n) is 17.5. The van der Waals surface area contributed by atoms with Crippen LogP contribution < -0.4 is 20.3 Å². The molecule has 1 aliphatic heterocycles. The third-order valence-electron chi connectivity index (χ3n) is 8.47. The van der Waals surface area contributed by atoms with E-state index in [0.717, 1.165) is 68.6 Å². The second-order valence-electron chi connectivity index (χ2n) is 12.4. The van der Waals surface area contributed by atoms with Crippen LogP contribution in [0, 0.1) is 0 Å². The molecule has 0 radical (unpaired) electrons. The predicted octanol–water partition coefficient (Wildman–Crippen LogP) is 6.34. The minimum atomic E-state index is -0.847. The molecule has 11 nitrogen and oxygen atoms in total. The number of rotatable bonds is 4. The van der Waals surface area contributed by atoms with Gasteiger partial charge in [0.2, 0.25) is 10.3 Å². The van der Waals surface area contributed by atoms with Crippen molar-refractivity contribution < 1.29 is 14.6 Å². The molecule has 13 heteroatoms. The summed E-state index contributed by atoms with van der Waals surface area (Å²) < 4.78 is 16.3. The SMILES string of the molecule is OC1COc2ccccc2CNn2c(Cc3ccccc3)nnc2SCCCCSc2nnc(Cc3ccccc3)n2NCc2ccccc2OC1. The summed E-state index contributed by atoms with van der Waals surface area (Å²) >= 11 is 3.39. The van der Waals surface area contributed by atoms with Gasteiger partial charge in [-0.2, -0.15) is 0 Å². The van der Waals surface area contributed by atoms with Crippen LogP contribution in [0.4, 0.5) is 0 Å². The largest absolute Gasteiger partial charge is 0.490 e. The summed E-state index contributed by atoms with van der Waals surface area (Å²) in [6.45, 7) is 1.13.